The van der Waals surface area contributed by atoms with Gasteiger partial charge in [-0.15, -0.1) is 6.58 Å². The van der Waals surface area contributed by atoms with Gasteiger partial charge in [0.15, 0.2) is 5.78 Å². The van der Waals surface area contributed by atoms with E-state index in [1.807, 2.05) is 68.4 Å². The van der Waals surface area contributed by atoms with Crippen molar-refractivity contribution >= 4 is 35.3 Å². The molecular weight excluding hydrogens is 610 g/mol. The molecule has 1 fully saturated rings. The molecule has 3 rings (SSSR count). The molecule has 1 aliphatic carbocycles. The van der Waals surface area contributed by atoms with Crippen LogP contribution in [0.4, 0.5) is 4.79 Å². The highest BCUT2D eigenvalue weighted by Crippen LogP contribution is 2.52. The van der Waals surface area contributed by atoms with E-state index in [2.05, 4.69) is 27.8 Å². The van der Waals surface area contributed by atoms with E-state index in [0.717, 1.165) is 5.57 Å². The Labute approximate surface area is 284 Å². The van der Waals surface area contributed by atoms with E-state index >= 15 is 0 Å². The molecule has 0 spiro atoms. The maximum atomic E-state index is 14.5. The lowest BCUT2D eigenvalue weighted by Gasteiger charge is -2.42. The molecule has 5 amide bonds. The van der Waals surface area contributed by atoms with Crippen molar-refractivity contribution in [3.63, 3.8) is 0 Å². The molecule has 262 valence electrons. The third kappa shape index (κ3) is 8.59. The molecule has 11 heteroatoms. The number of amides is 5. The van der Waals surface area contributed by atoms with Gasteiger partial charge < -0.3 is 26.2 Å². The van der Waals surface area contributed by atoms with E-state index in [-0.39, 0.29) is 31.2 Å². The molecule has 1 aromatic carbocycles. The van der Waals surface area contributed by atoms with E-state index in [4.69, 9.17) is 0 Å². The Morgan fingerprint density at radius 3 is 2.04 bits per heavy atom. The number of nitrogens with zero attached hydrogens (tertiary/aromatic N) is 1. The first-order valence-corrected chi connectivity index (χ1v) is 16.7. The number of carbonyl (C=O) groups excluding carboxylic acids is 6. The van der Waals surface area contributed by atoms with Gasteiger partial charge >= 0.3 is 6.03 Å². The molecule has 11 nitrogen and oxygen atoms in total. The smallest absolute Gasteiger partial charge is 0.316 e. The first-order chi connectivity index (χ1) is 22.2. The molecule has 0 radical (unpaired) electrons. The van der Waals surface area contributed by atoms with Crippen molar-refractivity contribution in [2.75, 3.05) is 13.1 Å². The lowest BCUT2D eigenvalue weighted by atomic mass is 9.63. The average molecular weight is 664 g/mol. The largest absolute Gasteiger partial charge is 0.346 e. The van der Waals surface area contributed by atoms with Crippen LogP contribution in [0.5, 0.6) is 0 Å². The van der Waals surface area contributed by atoms with Crippen LogP contribution in [0.15, 0.2) is 54.6 Å². The van der Waals surface area contributed by atoms with Gasteiger partial charge in [0.05, 0.1) is 12.1 Å². The summed E-state index contributed by atoms with van der Waals surface area (Å²) in [6.07, 6.45) is 4.27. The summed E-state index contributed by atoms with van der Waals surface area (Å²) >= 11 is 0. The van der Waals surface area contributed by atoms with Crippen LogP contribution in [-0.2, 0) is 19.2 Å². The molecule has 2 aliphatic rings. The van der Waals surface area contributed by atoms with Crippen LogP contribution in [0.3, 0.4) is 0 Å². The van der Waals surface area contributed by atoms with Crippen molar-refractivity contribution < 1.29 is 28.8 Å². The third-order valence-corrected chi connectivity index (χ3v) is 9.01. The van der Waals surface area contributed by atoms with Crippen molar-refractivity contribution in [2.24, 2.45) is 22.2 Å². The molecule has 1 aliphatic heterocycles. The highest BCUT2D eigenvalue weighted by molar-refractivity contribution is 6.38. The topological polar surface area (TPSA) is 154 Å². The summed E-state index contributed by atoms with van der Waals surface area (Å²) in [7, 11) is 0. The number of hydrogen-bond acceptors (Lipinski definition) is 6. The Kier molecular flexibility index (Phi) is 11.8. The van der Waals surface area contributed by atoms with Gasteiger partial charge in [-0.3, -0.25) is 24.0 Å². The van der Waals surface area contributed by atoms with Gasteiger partial charge in [0.2, 0.25) is 17.6 Å². The summed E-state index contributed by atoms with van der Waals surface area (Å²) in [6.45, 7) is 20.6. The molecule has 0 bridgehead atoms. The second-order valence-electron chi connectivity index (χ2n) is 15.6. The summed E-state index contributed by atoms with van der Waals surface area (Å²) in [5.74, 6) is -3.15. The van der Waals surface area contributed by atoms with E-state index in [1.54, 1.807) is 30.3 Å². The molecule has 0 saturated carbocycles. The zero-order chi connectivity index (χ0) is 36.2. The third-order valence-electron chi connectivity index (χ3n) is 9.01. The lowest BCUT2D eigenvalue weighted by Crippen LogP contribution is -2.62. The Balaban J connectivity index is 1.89. The van der Waals surface area contributed by atoms with Gasteiger partial charge in [-0.25, -0.2) is 4.79 Å². The Morgan fingerprint density at radius 1 is 0.938 bits per heavy atom. The van der Waals surface area contributed by atoms with Crippen molar-refractivity contribution in [1.82, 2.24) is 26.2 Å². The minimum Gasteiger partial charge on any atom is -0.346 e. The fourth-order valence-electron chi connectivity index (χ4n) is 6.56. The number of allylic oxidation sites excluding steroid dienone is 1. The summed E-state index contributed by atoms with van der Waals surface area (Å²) in [5.41, 5.74) is -0.454. The number of fused-ring (bicyclic) bond motifs is 1. The highest BCUT2D eigenvalue weighted by atomic mass is 16.2. The number of hydrogen-bond donors (Lipinski definition) is 4. The molecule has 1 heterocycles. The standard InChI is InChI=1S/C37H53N5O6/c1-11-16-24(28(44)32(46)38-19-12-2)39-31(45)26-25-23(20-37(25,9)10)21-42(26)33(47)30(36(6,7)8)41-34(48)40-29(35(3,4)5)27(43)22-17-14-13-15-18-22/h12-15,17-18,20,24-26,29-30H,2,11,16,19,21H2,1,3-10H3,(H,38,46)(H,39,45)(H2,40,41,48)/t24?,25-,26-,29?,30+/m0/s1. The Morgan fingerprint density at radius 2 is 1.52 bits per heavy atom. The molecular formula is C37H53N5O6. The molecule has 2 unspecified atom stereocenters. The molecule has 48 heavy (non-hydrogen) atoms. The number of nitrogens with one attached hydrogen (secondary N) is 4. The Hall–Kier alpha value is -4.28. The average Bonchev–Trinajstić information content (AvgIpc) is 3.34. The molecule has 5 atom stereocenters. The first kappa shape index (κ1) is 38.2. The lowest BCUT2D eigenvalue weighted by molar-refractivity contribution is -0.145. The summed E-state index contributed by atoms with van der Waals surface area (Å²) in [4.78, 5) is 82.5. The van der Waals surface area contributed by atoms with E-state index < -0.39 is 69.9 Å². The second-order valence-corrected chi connectivity index (χ2v) is 15.6. The van der Waals surface area contributed by atoms with Gasteiger partial charge in [0, 0.05) is 24.6 Å². The van der Waals surface area contributed by atoms with Crippen LogP contribution < -0.4 is 21.3 Å². The summed E-state index contributed by atoms with van der Waals surface area (Å²) in [5, 5.41) is 10.9. The number of Topliss-reactive ketones (excluding diaryl/α,β-unsaturated/α-hetero) is 2. The van der Waals surface area contributed by atoms with Crippen LogP contribution in [0.1, 0.15) is 85.5 Å². The maximum Gasteiger partial charge on any atom is 0.316 e. The van der Waals surface area contributed by atoms with Gasteiger partial charge in [0.1, 0.15) is 12.1 Å². The minimum absolute atomic E-state index is 0.109. The van der Waals surface area contributed by atoms with E-state index in [9.17, 15) is 28.8 Å². The number of ketones is 2. The zero-order valence-corrected chi connectivity index (χ0v) is 29.9. The molecule has 1 saturated heterocycles. The summed E-state index contributed by atoms with van der Waals surface area (Å²) < 4.78 is 0. The van der Waals surface area contributed by atoms with Crippen molar-refractivity contribution in [3.05, 3.63) is 60.2 Å². The van der Waals surface area contributed by atoms with Crippen molar-refractivity contribution in [3.8, 4) is 0 Å². The van der Waals surface area contributed by atoms with E-state index in [0.29, 0.717) is 12.0 Å². The second kappa shape index (κ2) is 14.9. The van der Waals surface area contributed by atoms with Crippen LogP contribution in [-0.4, -0.2) is 77.5 Å². The van der Waals surface area contributed by atoms with Gasteiger partial charge in [-0.05, 0) is 28.2 Å². The van der Waals surface area contributed by atoms with Crippen molar-refractivity contribution in [2.45, 2.75) is 99.3 Å². The first-order valence-electron chi connectivity index (χ1n) is 16.7. The monoisotopic (exact) mass is 663 g/mol. The number of likely N-dealkylation sites (tertiary alicyclic amines) is 1. The van der Waals surface area contributed by atoms with E-state index in [1.165, 1.54) is 11.0 Å². The maximum absolute atomic E-state index is 14.5. The van der Waals surface area contributed by atoms with Crippen LogP contribution >= 0.6 is 0 Å². The SMILES string of the molecule is C=CCNC(=O)C(=O)C(CCC)NC(=O)[C@@H]1[C@@H]2C(=CC2(C)C)CN1C(=O)[C@@H](NC(=O)NC(C(=O)c1ccccc1)C(C)(C)C)C(C)(C)C. The minimum atomic E-state index is -1.07. The van der Waals surface area contributed by atoms with Crippen LogP contribution in [0, 0.1) is 22.2 Å². The predicted octanol–water partition coefficient (Wildman–Crippen LogP) is 3.95. The fraction of sp³-hybridized carbons (Fsp3) is 0.568. The zero-order valence-electron chi connectivity index (χ0n) is 29.9. The number of urea groups is 1. The quantitative estimate of drug-likeness (QED) is 0.142. The van der Waals surface area contributed by atoms with Gasteiger partial charge in [-0.2, -0.15) is 0 Å². The predicted molar refractivity (Wildman–Crippen MR) is 185 cm³/mol. The Bertz CT molecular complexity index is 1450. The fourth-order valence-corrected chi connectivity index (χ4v) is 6.56. The van der Waals surface area contributed by atoms with Crippen LogP contribution in [0.2, 0.25) is 0 Å². The molecule has 4 N–H and O–H groups in total. The van der Waals surface area contributed by atoms with Crippen molar-refractivity contribution in [1.29, 1.82) is 0 Å². The summed E-state index contributed by atoms with van der Waals surface area (Å²) in [6, 6.07) is 4.02. The molecule has 1 aromatic rings. The van der Waals surface area contributed by atoms with Gasteiger partial charge in [-0.1, -0.05) is 111 Å². The highest BCUT2D eigenvalue weighted by Gasteiger charge is 2.57. The number of benzene rings is 1. The molecule has 0 aromatic heterocycles. The number of rotatable bonds is 13. The van der Waals surface area contributed by atoms with Gasteiger partial charge in [0.25, 0.3) is 5.91 Å². The normalized spacial score (nSPS) is 20.1. The van der Waals surface area contributed by atoms with Crippen LogP contribution in [0.25, 0.3) is 0 Å². The number of carbonyl (C=O) groups is 6.